The molecule has 10 aromatic carbocycles. The van der Waals surface area contributed by atoms with E-state index in [2.05, 4.69) is 215 Å². The molecule has 0 atom stereocenters. The summed E-state index contributed by atoms with van der Waals surface area (Å²) in [6.07, 6.45) is 0. The zero-order valence-corrected chi connectivity index (χ0v) is 35.5. The summed E-state index contributed by atoms with van der Waals surface area (Å²) in [5.41, 5.74) is 21.8. The van der Waals surface area contributed by atoms with Crippen LogP contribution in [0.4, 0.5) is 0 Å². The first-order chi connectivity index (χ1) is 32.8. The lowest BCUT2D eigenvalue weighted by atomic mass is 9.34. The molecule has 302 valence electrons. The minimum absolute atomic E-state index is 0.00870. The molecule has 0 aliphatic carbocycles. The van der Waals surface area contributed by atoms with Crippen LogP contribution < -0.4 is 42.3 Å². The molecular formula is C60H34B2N2O2. The number of benzene rings is 10. The molecule has 0 fully saturated rings. The summed E-state index contributed by atoms with van der Waals surface area (Å²) in [5, 5.41) is 5.00. The van der Waals surface area contributed by atoms with Crippen molar-refractivity contribution in [3.05, 3.63) is 206 Å². The molecule has 0 amide bonds. The summed E-state index contributed by atoms with van der Waals surface area (Å²) in [4.78, 5) is 0. The van der Waals surface area contributed by atoms with E-state index in [4.69, 9.17) is 9.47 Å². The third kappa shape index (κ3) is 4.41. The van der Waals surface area contributed by atoms with Gasteiger partial charge < -0.3 is 18.6 Å². The van der Waals surface area contributed by atoms with Crippen LogP contribution in [0.15, 0.2) is 206 Å². The van der Waals surface area contributed by atoms with Crippen molar-refractivity contribution in [3.8, 4) is 67.8 Å². The van der Waals surface area contributed by atoms with Crippen molar-refractivity contribution in [2.75, 3.05) is 0 Å². The van der Waals surface area contributed by atoms with Crippen LogP contribution in [0, 0.1) is 0 Å². The minimum atomic E-state index is -0.00870. The monoisotopic (exact) mass is 836 g/mol. The van der Waals surface area contributed by atoms with Crippen molar-refractivity contribution in [1.29, 1.82) is 0 Å². The molecule has 16 rings (SSSR count). The Labute approximate surface area is 380 Å². The Bertz CT molecular complexity index is 3870. The highest BCUT2D eigenvalue weighted by atomic mass is 16.5. The predicted octanol–water partition coefficient (Wildman–Crippen LogP) is 10.8. The van der Waals surface area contributed by atoms with Gasteiger partial charge in [-0.15, -0.1) is 0 Å². The Kier molecular flexibility index (Phi) is 6.68. The van der Waals surface area contributed by atoms with Crippen molar-refractivity contribution < 1.29 is 9.47 Å². The molecule has 4 aliphatic heterocycles. The quantitative estimate of drug-likeness (QED) is 0.166. The molecule has 0 saturated heterocycles. The Morgan fingerprint density at radius 1 is 0.318 bits per heavy atom. The fraction of sp³-hybridized carbons (Fsp3) is 0. The summed E-state index contributed by atoms with van der Waals surface area (Å²) in [5.74, 6) is 3.66. The molecular weight excluding hydrogens is 802 g/mol. The number of aromatic nitrogens is 2. The summed E-state index contributed by atoms with van der Waals surface area (Å²) in [7, 11) is 0. The zero-order valence-electron chi connectivity index (χ0n) is 35.5. The van der Waals surface area contributed by atoms with E-state index < -0.39 is 0 Å². The SMILES string of the molecule is c1ccc(-c2cc3c4c(c2)c2c(-c5ccccc5)c5c6cc(-c7ccccc7)cc7c6n(c5cc2n4-c2cccc4c2B3c2ccccc2O4)-c2cccc3c2B7c2ccccc2O3)cc1. The minimum Gasteiger partial charge on any atom is -0.458 e. The van der Waals surface area contributed by atoms with Gasteiger partial charge in [-0.3, -0.25) is 0 Å². The number of ether oxygens (including phenoxy) is 2. The lowest BCUT2D eigenvalue weighted by molar-refractivity contribution is 0.487. The first kappa shape index (κ1) is 34.9. The molecule has 6 heteroatoms. The molecule has 0 radical (unpaired) electrons. The highest BCUT2D eigenvalue weighted by Crippen LogP contribution is 2.50. The molecule has 66 heavy (non-hydrogen) atoms. The molecule has 0 saturated carbocycles. The van der Waals surface area contributed by atoms with Gasteiger partial charge in [-0.1, -0.05) is 152 Å². The van der Waals surface area contributed by atoms with Gasteiger partial charge in [-0.2, -0.15) is 0 Å². The maximum atomic E-state index is 6.82. The van der Waals surface area contributed by atoms with Crippen LogP contribution in [0.25, 0.3) is 88.4 Å². The molecule has 4 aliphatic rings. The summed E-state index contributed by atoms with van der Waals surface area (Å²) in [6, 6.07) is 75.8. The second-order valence-electron chi connectivity index (χ2n) is 18.3. The lowest BCUT2D eigenvalue weighted by Crippen LogP contribution is -2.58. The summed E-state index contributed by atoms with van der Waals surface area (Å²) in [6.45, 7) is -0.0174. The highest BCUT2D eigenvalue weighted by Gasteiger charge is 2.43. The smallest absolute Gasteiger partial charge is 0.256 e. The third-order valence-electron chi connectivity index (χ3n) is 15.0. The molecule has 0 bridgehead atoms. The van der Waals surface area contributed by atoms with E-state index in [0.717, 1.165) is 34.4 Å². The van der Waals surface area contributed by atoms with Gasteiger partial charge in [-0.25, -0.2) is 0 Å². The van der Waals surface area contributed by atoms with Crippen molar-refractivity contribution in [2.24, 2.45) is 0 Å². The second-order valence-corrected chi connectivity index (χ2v) is 18.3. The zero-order chi connectivity index (χ0) is 42.8. The number of rotatable bonds is 3. The molecule has 6 heterocycles. The van der Waals surface area contributed by atoms with Crippen LogP contribution in [0.5, 0.6) is 23.0 Å². The van der Waals surface area contributed by atoms with Crippen molar-refractivity contribution in [1.82, 2.24) is 9.13 Å². The van der Waals surface area contributed by atoms with Crippen LogP contribution in [0.2, 0.25) is 0 Å². The summed E-state index contributed by atoms with van der Waals surface area (Å²) < 4.78 is 18.8. The van der Waals surface area contributed by atoms with Crippen LogP contribution in [-0.2, 0) is 0 Å². The molecule has 0 unspecified atom stereocenters. The van der Waals surface area contributed by atoms with Crippen LogP contribution in [0.3, 0.4) is 0 Å². The summed E-state index contributed by atoms with van der Waals surface area (Å²) >= 11 is 0. The average Bonchev–Trinajstić information content (AvgIpc) is 3.89. The van der Waals surface area contributed by atoms with Gasteiger partial charge in [0.25, 0.3) is 13.4 Å². The van der Waals surface area contributed by atoms with Crippen LogP contribution >= 0.6 is 0 Å². The average molecular weight is 837 g/mol. The molecule has 12 aromatic rings. The third-order valence-corrected chi connectivity index (χ3v) is 15.0. The van der Waals surface area contributed by atoms with E-state index in [-0.39, 0.29) is 13.4 Å². The van der Waals surface area contributed by atoms with Crippen molar-refractivity contribution in [3.63, 3.8) is 0 Å². The fourth-order valence-corrected chi connectivity index (χ4v) is 12.4. The predicted molar refractivity (Wildman–Crippen MR) is 274 cm³/mol. The topological polar surface area (TPSA) is 28.3 Å². The fourth-order valence-electron chi connectivity index (χ4n) is 12.4. The Hall–Kier alpha value is -8.47. The Morgan fingerprint density at radius 3 is 1.20 bits per heavy atom. The Balaban J connectivity index is 1.15. The van der Waals surface area contributed by atoms with E-state index in [0.29, 0.717) is 0 Å². The van der Waals surface area contributed by atoms with E-state index in [9.17, 15) is 0 Å². The number of hydrogen-bond acceptors (Lipinski definition) is 2. The number of fused-ring (bicyclic) bond motifs is 14. The highest BCUT2D eigenvalue weighted by molar-refractivity contribution is 7.00. The van der Waals surface area contributed by atoms with E-state index >= 15 is 0 Å². The number of para-hydroxylation sites is 2. The lowest BCUT2D eigenvalue weighted by Gasteiger charge is -2.33. The number of hydrogen-bond donors (Lipinski definition) is 0. The molecule has 2 aromatic heterocycles. The van der Waals surface area contributed by atoms with Crippen LogP contribution in [0.1, 0.15) is 0 Å². The van der Waals surface area contributed by atoms with Gasteiger partial charge in [0.1, 0.15) is 23.0 Å². The van der Waals surface area contributed by atoms with Gasteiger partial charge >= 0.3 is 0 Å². The second kappa shape index (κ2) is 12.6. The Morgan fingerprint density at radius 2 is 0.727 bits per heavy atom. The maximum absolute atomic E-state index is 6.82. The standard InChI is InChI=1S/C60H34B2N2O2/c1-4-16-35(17-5-1)38-30-40-55-48(63-46-24-14-28-52-57(46)61(44(32-38)59(40)63)42-22-10-12-26-50(42)65-52)34-49-56(54(55)37-20-8-3-9-21-37)41-31-39(36-18-6-2-7-19-36)33-45-60(41)64(49)47-25-15-29-53-58(47)62(45)43-23-11-13-27-51(43)66-53/h1-34H. The van der Waals surface area contributed by atoms with Gasteiger partial charge in [-0.05, 0) is 115 Å². The van der Waals surface area contributed by atoms with E-state index in [1.165, 1.54) is 110 Å². The normalized spacial score (nSPS) is 13.3. The van der Waals surface area contributed by atoms with Crippen molar-refractivity contribution in [2.45, 2.75) is 0 Å². The first-order valence-corrected chi connectivity index (χ1v) is 22.9. The first-order valence-electron chi connectivity index (χ1n) is 22.9. The van der Waals surface area contributed by atoms with Gasteiger partial charge in [0.05, 0.1) is 11.0 Å². The number of nitrogens with zero attached hydrogens (tertiary/aromatic N) is 2. The maximum Gasteiger partial charge on any atom is 0.256 e. The van der Waals surface area contributed by atoms with Crippen LogP contribution in [-0.4, -0.2) is 22.6 Å². The van der Waals surface area contributed by atoms with Gasteiger partial charge in [0.15, 0.2) is 0 Å². The van der Waals surface area contributed by atoms with Gasteiger partial charge in [0.2, 0.25) is 0 Å². The largest absolute Gasteiger partial charge is 0.458 e. The molecule has 0 spiro atoms. The molecule has 0 N–H and O–H groups in total. The van der Waals surface area contributed by atoms with E-state index in [1.54, 1.807) is 0 Å². The van der Waals surface area contributed by atoms with Crippen molar-refractivity contribution >= 4 is 89.8 Å². The van der Waals surface area contributed by atoms with Gasteiger partial charge in [0, 0.05) is 49.5 Å². The molecule has 4 nitrogen and oxygen atoms in total. The van der Waals surface area contributed by atoms with E-state index in [1.807, 2.05) is 0 Å².